The van der Waals surface area contributed by atoms with Crippen molar-refractivity contribution >= 4 is 22.5 Å². The van der Waals surface area contributed by atoms with E-state index in [0.29, 0.717) is 0 Å². The molecule has 1 fully saturated rings. The number of carbonyl (C=O) groups is 1. The molecule has 0 atom stereocenters. The van der Waals surface area contributed by atoms with Gasteiger partial charge >= 0.3 is 6.03 Å². The highest BCUT2D eigenvalue weighted by molar-refractivity contribution is 7.15. The number of fused-ring (bicyclic) bond motifs is 1. The summed E-state index contributed by atoms with van der Waals surface area (Å²) in [5.41, 5.74) is 1.20. The molecule has 0 bridgehead atoms. The number of aromatic nitrogens is 1. The van der Waals surface area contributed by atoms with Gasteiger partial charge in [-0.05, 0) is 32.1 Å². The van der Waals surface area contributed by atoms with Crippen molar-refractivity contribution in [1.82, 2.24) is 9.88 Å². The first kappa shape index (κ1) is 10.1. The molecule has 2 amide bonds. The Balaban J connectivity index is 1.67. The third-order valence-electron chi connectivity index (χ3n) is 3.20. The number of likely N-dealkylation sites (tertiary alicyclic amines) is 1. The van der Waals surface area contributed by atoms with Crippen LogP contribution in [0.1, 0.15) is 29.8 Å². The van der Waals surface area contributed by atoms with E-state index < -0.39 is 0 Å². The quantitative estimate of drug-likeness (QED) is 0.814. The molecule has 2 aliphatic rings. The molecule has 0 saturated carbocycles. The maximum absolute atomic E-state index is 11.8. The number of amides is 2. The maximum Gasteiger partial charge on any atom is 0.323 e. The molecule has 4 nitrogen and oxygen atoms in total. The van der Waals surface area contributed by atoms with Crippen molar-refractivity contribution in [2.24, 2.45) is 0 Å². The Morgan fingerprint density at radius 2 is 2.06 bits per heavy atom. The van der Waals surface area contributed by atoms with E-state index in [1.54, 1.807) is 11.3 Å². The predicted molar refractivity (Wildman–Crippen MR) is 64.0 cm³/mol. The normalized spacial score (nSPS) is 18.9. The van der Waals surface area contributed by atoms with E-state index in [1.165, 1.54) is 17.0 Å². The number of rotatable bonds is 1. The summed E-state index contributed by atoms with van der Waals surface area (Å²) in [6.45, 7) is 1.77. The topological polar surface area (TPSA) is 45.2 Å². The number of urea groups is 1. The second-order valence-electron chi connectivity index (χ2n) is 4.37. The molecule has 5 heteroatoms. The monoisotopic (exact) mass is 237 g/mol. The smallest absolute Gasteiger partial charge is 0.323 e. The first-order valence-electron chi connectivity index (χ1n) is 5.87. The molecule has 1 aromatic heterocycles. The Hall–Kier alpha value is -1.10. The second-order valence-corrected chi connectivity index (χ2v) is 5.45. The Morgan fingerprint density at radius 3 is 2.81 bits per heavy atom. The SMILES string of the molecule is O=C(Nc1nc2c(s1)CCC2)N1CCCC1. The average molecular weight is 237 g/mol. The minimum atomic E-state index is 0.0184. The molecule has 3 rings (SSSR count). The Bertz CT molecular complexity index is 388. The molecule has 0 spiro atoms. The summed E-state index contributed by atoms with van der Waals surface area (Å²) in [7, 11) is 0. The van der Waals surface area contributed by atoms with Gasteiger partial charge in [0.25, 0.3) is 0 Å². The maximum atomic E-state index is 11.8. The molecule has 1 N–H and O–H groups in total. The van der Waals surface area contributed by atoms with Crippen LogP contribution < -0.4 is 5.32 Å². The molecule has 16 heavy (non-hydrogen) atoms. The van der Waals surface area contributed by atoms with Gasteiger partial charge in [-0.2, -0.15) is 0 Å². The lowest BCUT2D eigenvalue weighted by molar-refractivity contribution is 0.222. The van der Waals surface area contributed by atoms with Crippen LogP contribution in [0.3, 0.4) is 0 Å². The van der Waals surface area contributed by atoms with Gasteiger partial charge in [-0.3, -0.25) is 5.32 Å². The van der Waals surface area contributed by atoms with Crippen LogP contribution in [0.25, 0.3) is 0 Å². The average Bonchev–Trinajstić information content (AvgIpc) is 2.91. The number of aryl methyl sites for hydroxylation is 2. The number of anilines is 1. The van der Waals surface area contributed by atoms with Crippen molar-refractivity contribution in [1.29, 1.82) is 0 Å². The number of thiazole rings is 1. The van der Waals surface area contributed by atoms with Crippen molar-refractivity contribution in [2.75, 3.05) is 18.4 Å². The lowest BCUT2D eigenvalue weighted by Crippen LogP contribution is -2.32. The lowest BCUT2D eigenvalue weighted by Gasteiger charge is -2.14. The van der Waals surface area contributed by atoms with E-state index in [-0.39, 0.29) is 6.03 Å². The summed E-state index contributed by atoms with van der Waals surface area (Å²) in [6.07, 6.45) is 5.68. The number of nitrogens with one attached hydrogen (secondary N) is 1. The van der Waals surface area contributed by atoms with Crippen LogP contribution in [0, 0.1) is 0 Å². The number of hydrogen-bond acceptors (Lipinski definition) is 3. The summed E-state index contributed by atoms with van der Waals surface area (Å²) in [5, 5.41) is 3.69. The van der Waals surface area contributed by atoms with Crippen LogP contribution in [-0.4, -0.2) is 29.0 Å². The van der Waals surface area contributed by atoms with Crippen LogP contribution >= 0.6 is 11.3 Å². The Morgan fingerprint density at radius 1 is 1.25 bits per heavy atom. The summed E-state index contributed by atoms with van der Waals surface area (Å²) < 4.78 is 0. The van der Waals surface area contributed by atoms with Crippen LogP contribution in [0.2, 0.25) is 0 Å². The highest BCUT2D eigenvalue weighted by atomic mass is 32.1. The fourth-order valence-electron chi connectivity index (χ4n) is 2.33. The van der Waals surface area contributed by atoms with E-state index in [1.807, 2.05) is 4.90 Å². The van der Waals surface area contributed by atoms with Crippen molar-refractivity contribution in [3.05, 3.63) is 10.6 Å². The fourth-order valence-corrected chi connectivity index (χ4v) is 3.37. The van der Waals surface area contributed by atoms with E-state index in [0.717, 1.165) is 43.9 Å². The zero-order chi connectivity index (χ0) is 11.0. The van der Waals surface area contributed by atoms with Gasteiger partial charge in [0.1, 0.15) is 0 Å². The van der Waals surface area contributed by atoms with E-state index in [2.05, 4.69) is 10.3 Å². The highest BCUT2D eigenvalue weighted by Gasteiger charge is 2.21. The molecule has 1 aliphatic carbocycles. The van der Waals surface area contributed by atoms with E-state index in [9.17, 15) is 4.79 Å². The van der Waals surface area contributed by atoms with Crippen LogP contribution in [0.5, 0.6) is 0 Å². The first-order valence-corrected chi connectivity index (χ1v) is 6.69. The van der Waals surface area contributed by atoms with Gasteiger partial charge in [0.05, 0.1) is 5.69 Å². The molecule has 1 aliphatic heterocycles. The molecule has 0 radical (unpaired) electrons. The third kappa shape index (κ3) is 1.80. The molecule has 86 valence electrons. The summed E-state index contributed by atoms with van der Waals surface area (Å²) in [4.78, 5) is 19.5. The van der Waals surface area contributed by atoms with Crippen LogP contribution in [0.4, 0.5) is 9.93 Å². The van der Waals surface area contributed by atoms with E-state index in [4.69, 9.17) is 0 Å². The van der Waals surface area contributed by atoms with E-state index >= 15 is 0 Å². The molecule has 2 heterocycles. The van der Waals surface area contributed by atoms with Crippen molar-refractivity contribution in [3.63, 3.8) is 0 Å². The van der Waals surface area contributed by atoms with Crippen molar-refractivity contribution in [2.45, 2.75) is 32.1 Å². The van der Waals surface area contributed by atoms with Gasteiger partial charge < -0.3 is 4.90 Å². The Kier molecular flexibility index (Phi) is 2.55. The lowest BCUT2D eigenvalue weighted by atomic mass is 10.4. The van der Waals surface area contributed by atoms with Crippen molar-refractivity contribution < 1.29 is 4.79 Å². The van der Waals surface area contributed by atoms with Crippen LogP contribution in [-0.2, 0) is 12.8 Å². The highest BCUT2D eigenvalue weighted by Crippen LogP contribution is 2.30. The zero-order valence-corrected chi connectivity index (χ0v) is 9.98. The fraction of sp³-hybridized carbons (Fsp3) is 0.636. The number of carbonyl (C=O) groups excluding carboxylic acids is 1. The van der Waals surface area contributed by atoms with Gasteiger partial charge in [-0.25, -0.2) is 9.78 Å². The molecular formula is C11H15N3OS. The van der Waals surface area contributed by atoms with Crippen LogP contribution in [0.15, 0.2) is 0 Å². The van der Waals surface area contributed by atoms with Gasteiger partial charge in [0.15, 0.2) is 5.13 Å². The second kappa shape index (κ2) is 4.05. The summed E-state index contributed by atoms with van der Waals surface area (Å²) in [6, 6.07) is 0.0184. The molecule has 0 unspecified atom stereocenters. The molecule has 1 saturated heterocycles. The predicted octanol–water partition coefficient (Wildman–Crippen LogP) is 2.26. The summed E-state index contributed by atoms with van der Waals surface area (Å²) >= 11 is 1.64. The van der Waals surface area contributed by atoms with Gasteiger partial charge in [-0.1, -0.05) is 0 Å². The van der Waals surface area contributed by atoms with Gasteiger partial charge in [-0.15, -0.1) is 11.3 Å². The molecular weight excluding hydrogens is 222 g/mol. The molecule has 0 aromatic carbocycles. The number of hydrogen-bond donors (Lipinski definition) is 1. The standard InChI is InChI=1S/C11H15N3OS/c15-11(14-6-1-2-7-14)13-10-12-8-4-3-5-9(8)16-10/h1-7H2,(H,12,13,15). The minimum absolute atomic E-state index is 0.0184. The van der Waals surface area contributed by atoms with Gasteiger partial charge in [0.2, 0.25) is 0 Å². The van der Waals surface area contributed by atoms with Gasteiger partial charge in [0, 0.05) is 18.0 Å². The minimum Gasteiger partial charge on any atom is -0.324 e. The van der Waals surface area contributed by atoms with Crippen molar-refractivity contribution in [3.8, 4) is 0 Å². The zero-order valence-electron chi connectivity index (χ0n) is 9.16. The third-order valence-corrected chi connectivity index (χ3v) is 4.28. The first-order chi connectivity index (χ1) is 7.83. The largest absolute Gasteiger partial charge is 0.324 e. The molecule has 1 aromatic rings. The Labute approximate surface area is 98.7 Å². The summed E-state index contributed by atoms with van der Waals surface area (Å²) in [5.74, 6) is 0. The number of nitrogens with zero attached hydrogens (tertiary/aromatic N) is 2.